The van der Waals surface area contributed by atoms with Gasteiger partial charge in [0.05, 0.1) is 0 Å². The third kappa shape index (κ3) is 58.7. The third-order valence-electron chi connectivity index (χ3n) is 0. The minimum atomic E-state index is 0. The maximum absolute atomic E-state index is 0. The molecule has 0 aromatic heterocycles. The van der Waals surface area contributed by atoms with Crippen LogP contribution in [0.4, 0.5) is 0 Å². The molecule has 0 atom stereocenters. The largest absolute Gasteiger partial charge is 1.00 e. The molecule has 0 unspecified atom stereocenters. The molecule has 0 rings (SSSR count). The van der Waals surface area contributed by atoms with Crippen LogP contribution in [0.2, 0.25) is 0 Å². The van der Waals surface area contributed by atoms with Gasteiger partial charge in [0.25, 0.3) is 0 Å². The van der Waals surface area contributed by atoms with E-state index in [9.17, 15) is 0 Å². The van der Waals surface area contributed by atoms with E-state index < -0.39 is 0 Å². The average Bonchev–Trinajstić information content (AvgIpc) is 0. The molecule has 0 radical (unpaired) electrons. The Morgan fingerprint density at radius 1 is 0.500 bits per heavy atom. The molecule has 0 aromatic carbocycles. The van der Waals surface area contributed by atoms with Crippen LogP contribution in [0.15, 0.2) is 0 Å². The number of rotatable bonds is 0. The van der Waals surface area contributed by atoms with E-state index in [-0.39, 0.29) is 80.6 Å². The Morgan fingerprint density at radius 2 is 0.500 bits per heavy atom. The molecule has 0 amide bonds. The number of hydrogen-bond donors (Lipinski definition) is 0. The fraction of sp³-hybridized carbons (Fsp3) is 0. The first-order chi connectivity index (χ1) is 0. The van der Waals surface area contributed by atoms with Crippen molar-refractivity contribution < 1.29 is 80.6 Å². The topological polar surface area (TPSA) is 0 Å². The van der Waals surface area contributed by atoms with Crippen molar-refractivity contribution in [3.63, 3.8) is 0 Å². The van der Waals surface area contributed by atoms with Crippen LogP contribution in [-0.4, -0.2) is 0 Å². The summed E-state index contributed by atoms with van der Waals surface area (Å²) >= 11 is 0. The van der Waals surface area contributed by atoms with Crippen LogP contribution in [0.25, 0.3) is 0 Å². The molecule has 0 bridgehead atoms. The number of hydrogen-bond acceptors (Lipinski definition) is 0. The summed E-state index contributed by atoms with van der Waals surface area (Å²) in [6, 6.07) is 0. The van der Waals surface area contributed by atoms with Gasteiger partial charge in [-0.05, 0) is 0 Å². The van der Waals surface area contributed by atoms with Crippen LogP contribution in [0.1, 0.15) is 5.71 Å². The van der Waals surface area contributed by atoms with Crippen LogP contribution in [-0.2, 0) is 0 Å². The van der Waals surface area contributed by atoms with Crippen LogP contribution in [0.3, 0.4) is 0 Å². The van der Waals surface area contributed by atoms with Gasteiger partial charge in [-0.25, -0.2) is 0 Å². The van der Waals surface area contributed by atoms with Crippen molar-refractivity contribution in [3.05, 3.63) is 0 Å². The SMILES string of the molecule is [F-].[F-].[F-].[F-].[F-].[H+].[H+].[H+].[H+].[K+]. The van der Waals surface area contributed by atoms with E-state index in [1.165, 1.54) is 0 Å². The molecular formula is H4F5K. The van der Waals surface area contributed by atoms with E-state index in [1.807, 2.05) is 0 Å². The zero-order valence-corrected chi connectivity index (χ0v) is 6.01. The van der Waals surface area contributed by atoms with E-state index in [1.54, 1.807) is 0 Å². The summed E-state index contributed by atoms with van der Waals surface area (Å²) in [5.41, 5.74) is 0. The predicted molar refractivity (Wildman–Crippen MR) is 4.45 cm³/mol. The molecule has 0 saturated heterocycles. The van der Waals surface area contributed by atoms with Gasteiger partial charge in [0.15, 0.2) is 0 Å². The summed E-state index contributed by atoms with van der Waals surface area (Å²) in [5, 5.41) is 0. The van der Waals surface area contributed by atoms with E-state index >= 15 is 0 Å². The van der Waals surface area contributed by atoms with Crippen LogP contribution < -0.4 is 74.9 Å². The molecule has 0 heterocycles. The van der Waals surface area contributed by atoms with Crippen molar-refractivity contribution in [1.29, 1.82) is 0 Å². The van der Waals surface area contributed by atoms with Gasteiger partial charge in [-0.15, -0.1) is 0 Å². The first-order valence-corrected chi connectivity index (χ1v) is 0. The molecule has 0 saturated carbocycles. The minimum Gasteiger partial charge on any atom is -1.00 e. The zero-order valence-electron chi connectivity index (χ0n) is 6.89. The predicted octanol–water partition coefficient (Wildman–Crippen LogP) is -17.5. The third-order valence-corrected chi connectivity index (χ3v) is 0. The summed E-state index contributed by atoms with van der Waals surface area (Å²) < 4.78 is 0. The van der Waals surface area contributed by atoms with Gasteiger partial charge in [-0.2, -0.15) is 0 Å². The van der Waals surface area contributed by atoms with Gasteiger partial charge in [-0.3, -0.25) is 0 Å². The van der Waals surface area contributed by atoms with Crippen molar-refractivity contribution in [3.8, 4) is 0 Å². The fourth-order valence-electron chi connectivity index (χ4n) is 0. The molecule has 0 nitrogen and oxygen atoms in total. The maximum Gasteiger partial charge on any atom is 1.00 e. The van der Waals surface area contributed by atoms with E-state index in [0.717, 1.165) is 0 Å². The molecule has 0 spiro atoms. The van der Waals surface area contributed by atoms with Crippen molar-refractivity contribution >= 4 is 0 Å². The van der Waals surface area contributed by atoms with Gasteiger partial charge in [0.2, 0.25) is 0 Å². The molecule has 0 aliphatic carbocycles. The second kappa shape index (κ2) is 106. The molecule has 0 aliphatic heterocycles. The second-order valence-electron chi connectivity index (χ2n) is 0. The molecule has 6 heavy (non-hydrogen) atoms. The molecule has 0 N–H and O–H groups in total. The van der Waals surface area contributed by atoms with Crippen LogP contribution in [0, 0.1) is 0 Å². The molecular weight excluding hydrogens is 134 g/mol. The minimum absolute atomic E-state index is 0. The standard InChI is InChI=1S/5FH.K/h5*1H;/q;;;;;+1/p-1. The van der Waals surface area contributed by atoms with Crippen molar-refractivity contribution in [2.45, 2.75) is 0 Å². The maximum atomic E-state index is 0. The van der Waals surface area contributed by atoms with E-state index in [2.05, 4.69) is 0 Å². The smallest absolute Gasteiger partial charge is 1.00 e. The summed E-state index contributed by atoms with van der Waals surface area (Å²) in [6.07, 6.45) is 0. The van der Waals surface area contributed by atoms with Gasteiger partial charge in [0.1, 0.15) is 0 Å². The summed E-state index contributed by atoms with van der Waals surface area (Å²) in [5.74, 6) is 0. The van der Waals surface area contributed by atoms with Gasteiger partial charge >= 0.3 is 57.1 Å². The fourth-order valence-corrected chi connectivity index (χ4v) is 0. The molecule has 0 aromatic rings. The van der Waals surface area contributed by atoms with Crippen molar-refractivity contribution in [2.24, 2.45) is 0 Å². The summed E-state index contributed by atoms with van der Waals surface area (Å²) in [6.45, 7) is 0. The molecule has 6 heteroatoms. The Bertz CT molecular complexity index is 13.6. The summed E-state index contributed by atoms with van der Waals surface area (Å²) in [4.78, 5) is 0. The molecule has 40 valence electrons. The van der Waals surface area contributed by atoms with E-state index in [0.29, 0.717) is 0 Å². The van der Waals surface area contributed by atoms with E-state index in [4.69, 9.17) is 0 Å². The Kier molecular flexibility index (Phi) is 3080. The van der Waals surface area contributed by atoms with Crippen molar-refractivity contribution in [2.75, 3.05) is 0 Å². The van der Waals surface area contributed by atoms with Crippen LogP contribution >= 0.6 is 0 Å². The quantitative estimate of drug-likeness (QED) is 0.230. The second-order valence-corrected chi connectivity index (χ2v) is 0. The number of halogens is 5. The monoisotopic (exact) mass is 138 g/mol. The van der Waals surface area contributed by atoms with Gasteiger partial charge < -0.3 is 23.5 Å². The summed E-state index contributed by atoms with van der Waals surface area (Å²) in [7, 11) is 0. The average molecular weight is 138 g/mol. The molecule has 0 aliphatic rings. The van der Waals surface area contributed by atoms with Crippen molar-refractivity contribution in [1.82, 2.24) is 0 Å². The Hall–Kier alpha value is 1.29. The van der Waals surface area contributed by atoms with Gasteiger partial charge in [0, 0.05) is 0 Å². The molecule has 0 fully saturated rings. The zero-order chi connectivity index (χ0) is 0. The Balaban J connectivity index is 0. The Labute approximate surface area is 79.9 Å². The van der Waals surface area contributed by atoms with Crippen LogP contribution in [0.5, 0.6) is 0 Å². The Morgan fingerprint density at radius 3 is 0.500 bits per heavy atom. The normalized spacial score (nSPS) is 0. The first kappa shape index (κ1) is 174. The van der Waals surface area contributed by atoms with Gasteiger partial charge in [-0.1, -0.05) is 0 Å². The first-order valence-electron chi connectivity index (χ1n) is 0.